The third-order valence-electron chi connectivity index (χ3n) is 3.72. The maximum atomic E-state index is 11.9. The molecule has 0 aromatic heterocycles. The highest BCUT2D eigenvalue weighted by Gasteiger charge is 2.31. The molecule has 1 aliphatic carbocycles. The lowest BCUT2D eigenvalue weighted by molar-refractivity contribution is -0.720. The van der Waals surface area contributed by atoms with Crippen LogP contribution in [0.15, 0.2) is 42.2 Å². The van der Waals surface area contributed by atoms with E-state index in [0.29, 0.717) is 22.8 Å². The van der Waals surface area contributed by atoms with E-state index >= 15 is 0 Å². The number of ether oxygens (including phenoxy) is 4. The molecular weight excluding hydrogens is 396 g/mol. The van der Waals surface area contributed by atoms with Crippen molar-refractivity contribution in [2.45, 2.75) is 20.3 Å². The van der Waals surface area contributed by atoms with E-state index in [1.54, 1.807) is 50.3 Å². The predicted molar refractivity (Wildman–Crippen MR) is 107 cm³/mol. The highest BCUT2D eigenvalue weighted by Crippen LogP contribution is 2.36. The van der Waals surface area contributed by atoms with Gasteiger partial charge >= 0.3 is 18.0 Å². The normalized spacial score (nSPS) is 14.3. The Bertz CT molecular complexity index is 860. The predicted octanol–water partition coefficient (Wildman–Crippen LogP) is 3.86. The van der Waals surface area contributed by atoms with E-state index in [0.717, 1.165) is 0 Å². The number of hydrogen-bond acceptors (Lipinski definition) is 9. The topological polar surface area (TPSA) is 105 Å². The average Bonchev–Trinajstić information content (AvgIpc) is 2.71. The lowest BCUT2D eigenvalue weighted by Gasteiger charge is -2.14. The first-order valence-corrected chi connectivity index (χ1v) is 9.22. The largest absolute Gasteiger partial charge is 0.514 e. The van der Waals surface area contributed by atoms with E-state index in [4.69, 9.17) is 28.6 Å². The summed E-state index contributed by atoms with van der Waals surface area (Å²) in [6.07, 6.45) is 3.65. The van der Waals surface area contributed by atoms with Gasteiger partial charge < -0.3 is 18.9 Å². The molecule has 0 aliphatic heterocycles. The van der Waals surface area contributed by atoms with Crippen molar-refractivity contribution in [3.8, 4) is 5.75 Å². The minimum Gasteiger partial charge on any atom is -0.434 e. The lowest BCUT2D eigenvalue weighted by atomic mass is 10.1. The third kappa shape index (κ3) is 5.98. The van der Waals surface area contributed by atoms with Gasteiger partial charge in [0.2, 0.25) is 11.5 Å². The van der Waals surface area contributed by atoms with Crippen LogP contribution in [0.5, 0.6) is 5.75 Å². The Balaban J connectivity index is 2.45. The molecule has 2 rings (SSSR count). The summed E-state index contributed by atoms with van der Waals surface area (Å²) in [5, 5.41) is 0. The first kappa shape index (κ1) is 22.8. The van der Waals surface area contributed by atoms with Gasteiger partial charge in [-0.3, -0.25) is 15.2 Å². The van der Waals surface area contributed by atoms with Gasteiger partial charge in [0, 0.05) is 10.8 Å². The number of benzene rings is 1. The van der Waals surface area contributed by atoms with Crippen molar-refractivity contribution in [2.24, 2.45) is 0 Å². The van der Waals surface area contributed by atoms with Crippen LogP contribution in [-0.4, -0.2) is 50.2 Å². The summed E-state index contributed by atoms with van der Waals surface area (Å²) < 4.78 is 21.6. The van der Waals surface area contributed by atoms with Crippen LogP contribution < -0.4 is 10.2 Å². The fraction of sp³-hybridized carbons (Fsp3) is 0.350. The fourth-order valence-corrected chi connectivity index (χ4v) is 2.62. The van der Waals surface area contributed by atoms with Gasteiger partial charge in [0.1, 0.15) is 18.6 Å². The molecule has 10 nitrogen and oxygen atoms in total. The Kier molecular flexibility index (Phi) is 8.70. The van der Waals surface area contributed by atoms with Crippen molar-refractivity contribution >= 4 is 29.4 Å². The van der Waals surface area contributed by atoms with Crippen molar-refractivity contribution in [1.82, 2.24) is 0 Å². The lowest BCUT2D eigenvalue weighted by Crippen LogP contribution is -2.21. The Morgan fingerprint density at radius 3 is 2.40 bits per heavy atom. The zero-order valence-electron chi connectivity index (χ0n) is 17.3. The van der Waals surface area contributed by atoms with Gasteiger partial charge in [-0.15, -0.1) is 0 Å². The molecule has 0 saturated heterocycles. The maximum absolute atomic E-state index is 11.9. The Hall–Kier alpha value is -3.53. The molecule has 1 aliphatic rings. The minimum absolute atomic E-state index is 0.164. The smallest absolute Gasteiger partial charge is 0.434 e. The van der Waals surface area contributed by atoms with Crippen LogP contribution in [0.2, 0.25) is 0 Å². The van der Waals surface area contributed by atoms with Crippen LogP contribution in [0.25, 0.3) is 0 Å². The molecule has 0 spiro atoms. The number of hydrogen-bond donors (Lipinski definition) is 1. The van der Waals surface area contributed by atoms with Crippen LogP contribution >= 0.6 is 0 Å². The second-order valence-corrected chi connectivity index (χ2v) is 5.67. The van der Waals surface area contributed by atoms with Gasteiger partial charge in [0.15, 0.2) is 0 Å². The second-order valence-electron chi connectivity index (χ2n) is 5.67. The number of carbonyl (C=O) groups is 2. The van der Waals surface area contributed by atoms with Crippen LogP contribution in [0.3, 0.4) is 0 Å². The van der Waals surface area contributed by atoms with E-state index in [1.165, 1.54) is 19.0 Å². The molecule has 1 N–H and O–H groups in total. The molecule has 0 bridgehead atoms. The number of anilines is 1. The zero-order chi connectivity index (χ0) is 21.9. The summed E-state index contributed by atoms with van der Waals surface area (Å²) in [4.78, 5) is 34.1. The molecule has 0 amide bonds. The number of nitrogens with one attached hydrogen (secondary N) is 1. The van der Waals surface area contributed by atoms with Crippen LogP contribution in [-0.2, 0) is 23.9 Å². The SMILES string of the molecule is CCOC(=O)OC1=CC=C/C(=[N+](\OC)c2c(NOC)cccc2OC(=O)OCC)C1. The second kappa shape index (κ2) is 11.5. The van der Waals surface area contributed by atoms with E-state index in [9.17, 15) is 9.59 Å². The molecule has 0 radical (unpaired) electrons. The number of para-hydroxylation sites is 1. The molecule has 10 heteroatoms. The molecule has 30 heavy (non-hydrogen) atoms. The van der Waals surface area contributed by atoms with Gasteiger partial charge in [0.25, 0.3) is 0 Å². The summed E-state index contributed by atoms with van der Waals surface area (Å²) in [5.41, 5.74) is 4.14. The van der Waals surface area contributed by atoms with Crippen molar-refractivity contribution in [2.75, 3.05) is 32.9 Å². The molecule has 0 saturated carbocycles. The fourth-order valence-electron chi connectivity index (χ4n) is 2.62. The van der Waals surface area contributed by atoms with E-state index < -0.39 is 12.3 Å². The van der Waals surface area contributed by atoms with Gasteiger partial charge in [-0.25, -0.2) is 9.59 Å². The maximum Gasteiger partial charge on any atom is 0.514 e. The number of allylic oxidation sites excluding steroid dienone is 4. The quantitative estimate of drug-likeness (QED) is 0.290. The van der Waals surface area contributed by atoms with Crippen molar-refractivity contribution in [3.63, 3.8) is 0 Å². The standard InChI is InChI=1S/C20H25N2O8/c1-5-27-19(23)29-15-10-7-9-14(13-15)22(26-4)18-16(21-25-3)11-8-12-17(18)30-20(24)28-6-2/h7-12,21H,5-6,13H2,1-4H3/q+1/b22-14+. The minimum atomic E-state index is -0.861. The molecule has 1 aromatic carbocycles. The average molecular weight is 421 g/mol. The van der Waals surface area contributed by atoms with E-state index in [1.807, 2.05) is 0 Å². The van der Waals surface area contributed by atoms with Gasteiger partial charge in [0.05, 0.1) is 26.7 Å². The van der Waals surface area contributed by atoms with Crippen molar-refractivity contribution in [1.29, 1.82) is 0 Å². The summed E-state index contributed by atoms with van der Waals surface area (Å²) in [6, 6.07) is 4.96. The summed E-state index contributed by atoms with van der Waals surface area (Å²) in [7, 11) is 2.89. The van der Waals surface area contributed by atoms with Crippen LogP contribution in [0.1, 0.15) is 20.3 Å². The number of nitrogens with zero attached hydrogens (tertiary/aromatic N) is 1. The molecule has 0 heterocycles. The first-order valence-electron chi connectivity index (χ1n) is 9.22. The number of rotatable bonds is 8. The van der Waals surface area contributed by atoms with E-state index in [2.05, 4.69) is 5.48 Å². The van der Waals surface area contributed by atoms with Crippen molar-refractivity contribution in [3.05, 3.63) is 42.2 Å². The molecule has 0 atom stereocenters. The van der Waals surface area contributed by atoms with Crippen molar-refractivity contribution < 1.29 is 43.0 Å². The molecular formula is C20H25N2O8+. The Labute approximate surface area is 174 Å². The highest BCUT2D eigenvalue weighted by atomic mass is 16.7. The molecule has 1 aromatic rings. The molecule has 0 fully saturated rings. The Morgan fingerprint density at radius 1 is 1.07 bits per heavy atom. The highest BCUT2D eigenvalue weighted by molar-refractivity contribution is 5.95. The summed E-state index contributed by atoms with van der Waals surface area (Å²) >= 11 is 0. The third-order valence-corrected chi connectivity index (χ3v) is 3.72. The zero-order valence-corrected chi connectivity index (χ0v) is 17.3. The van der Waals surface area contributed by atoms with E-state index in [-0.39, 0.29) is 25.4 Å². The van der Waals surface area contributed by atoms with Crippen LogP contribution in [0.4, 0.5) is 21.0 Å². The summed E-state index contributed by atoms with van der Waals surface area (Å²) in [5.74, 6) is 0.527. The summed E-state index contributed by atoms with van der Waals surface area (Å²) in [6.45, 7) is 3.73. The first-order chi connectivity index (χ1) is 14.5. The van der Waals surface area contributed by atoms with Gasteiger partial charge in [-0.05, 0) is 32.1 Å². The Morgan fingerprint density at radius 2 is 1.77 bits per heavy atom. The van der Waals surface area contributed by atoms with Gasteiger partial charge in [-0.1, -0.05) is 12.1 Å². The van der Waals surface area contributed by atoms with Gasteiger partial charge in [-0.2, -0.15) is 0 Å². The monoisotopic (exact) mass is 421 g/mol. The number of carbonyl (C=O) groups excluding carboxylic acids is 2. The molecule has 0 unspecified atom stereocenters. The van der Waals surface area contributed by atoms with Crippen LogP contribution in [0, 0.1) is 0 Å². The molecule has 162 valence electrons.